The number of hydrogen-bond acceptors (Lipinski definition) is 3. The average molecular weight is 266 g/mol. The van der Waals surface area contributed by atoms with E-state index in [2.05, 4.69) is 10.6 Å². The lowest BCUT2D eigenvalue weighted by molar-refractivity contribution is 0.0598. The van der Waals surface area contributed by atoms with E-state index in [1.54, 1.807) is 0 Å². The lowest BCUT2D eigenvalue weighted by atomic mass is 10.1. The standard InChI is InChI=1S/C14H22N2O3/c1-11-4-3-5-12(8-11)9-16-14(18)15-7-6-13(17)10-19-2/h3-5,8,13,17H,6-7,9-10H2,1-2H3,(H2,15,16,18). The van der Waals surface area contributed by atoms with Gasteiger partial charge >= 0.3 is 6.03 Å². The molecule has 1 rings (SSSR count). The predicted octanol–water partition coefficient (Wildman–Crippen LogP) is 1.19. The highest BCUT2D eigenvalue weighted by Crippen LogP contribution is 2.02. The lowest BCUT2D eigenvalue weighted by Gasteiger charge is -2.11. The Kier molecular flexibility index (Phi) is 6.92. The topological polar surface area (TPSA) is 70.6 Å². The molecule has 19 heavy (non-hydrogen) atoms. The maximum Gasteiger partial charge on any atom is 0.315 e. The van der Waals surface area contributed by atoms with Crippen LogP contribution in [-0.4, -0.2) is 37.5 Å². The molecule has 5 nitrogen and oxygen atoms in total. The third-order valence-corrected chi connectivity index (χ3v) is 2.66. The number of amides is 2. The van der Waals surface area contributed by atoms with Crippen molar-refractivity contribution in [1.29, 1.82) is 0 Å². The van der Waals surface area contributed by atoms with Gasteiger partial charge in [-0.1, -0.05) is 29.8 Å². The van der Waals surface area contributed by atoms with Crippen molar-refractivity contribution in [3.05, 3.63) is 35.4 Å². The summed E-state index contributed by atoms with van der Waals surface area (Å²) >= 11 is 0. The van der Waals surface area contributed by atoms with E-state index in [1.807, 2.05) is 31.2 Å². The molecule has 0 aromatic heterocycles. The Morgan fingerprint density at radius 3 is 2.89 bits per heavy atom. The highest BCUT2D eigenvalue weighted by Gasteiger charge is 2.04. The van der Waals surface area contributed by atoms with Crippen LogP contribution in [0, 0.1) is 6.92 Å². The van der Waals surface area contributed by atoms with E-state index in [-0.39, 0.29) is 12.6 Å². The van der Waals surface area contributed by atoms with E-state index in [0.717, 1.165) is 5.56 Å². The molecule has 0 saturated heterocycles. The van der Waals surface area contributed by atoms with E-state index >= 15 is 0 Å². The van der Waals surface area contributed by atoms with Gasteiger partial charge in [-0.3, -0.25) is 0 Å². The van der Waals surface area contributed by atoms with Crippen molar-refractivity contribution in [1.82, 2.24) is 10.6 Å². The fourth-order valence-electron chi connectivity index (χ4n) is 1.69. The van der Waals surface area contributed by atoms with E-state index in [9.17, 15) is 9.90 Å². The van der Waals surface area contributed by atoms with Crippen molar-refractivity contribution in [2.75, 3.05) is 20.3 Å². The summed E-state index contributed by atoms with van der Waals surface area (Å²) in [5, 5.41) is 14.9. The molecule has 0 fully saturated rings. The third-order valence-electron chi connectivity index (χ3n) is 2.66. The summed E-state index contributed by atoms with van der Waals surface area (Å²) in [6, 6.07) is 7.75. The normalized spacial score (nSPS) is 11.9. The van der Waals surface area contributed by atoms with Gasteiger partial charge in [0.1, 0.15) is 0 Å². The van der Waals surface area contributed by atoms with Gasteiger partial charge in [-0.15, -0.1) is 0 Å². The number of nitrogens with one attached hydrogen (secondary N) is 2. The second kappa shape index (κ2) is 8.50. The zero-order chi connectivity index (χ0) is 14.1. The fraction of sp³-hybridized carbons (Fsp3) is 0.500. The van der Waals surface area contributed by atoms with Crippen molar-refractivity contribution >= 4 is 6.03 Å². The smallest absolute Gasteiger partial charge is 0.315 e. The number of urea groups is 1. The van der Waals surface area contributed by atoms with Crippen LogP contribution in [0.3, 0.4) is 0 Å². The first-order valence-corrected chi connectivity index (χ1v) is 6.36. The minimum absolute atomic E-state index is 0.230. The summed E-state index contributed by atoms with van der Waals surface area (Å²) in [5.74, 6) is 0. The third kappa shape index (κ3) is 6.79. The molecule has 1 aromatic rings. The van der Waals surface area contributed by atoms with Gasteiger partial charge in [0.05, 0.1) is 12.7 Å². The minimum Gasteiger partial charge on any atom is -0.391 e. The lowest BCUT2D eigenvalue weighted by Crippen LogP contribution is -2.36. The van der Waals surface area contributed by atoms with Crippen LogP contribution in [0.15, 0.2) is 24.3 Å². The van der Waals surface area contributed by atoms with Crippen LogP contribution in [0.5, 0.6) is 0 Å². The number of aliphatic hydroxyl groups is 1. The summed E-state index contributed by atoms with van der Waals surface area (Å²) in [7, 11) is 1.53. The molecular weight excluding hydrogens is 244 g/mol. The average Bonchev–Trinajstić information content (AvgIpc) is 2.37. The van der Waals surface area contributed by atoms with Crippen LogP contribution in [0.1, 0.15) is 17.5 Å². The fourth-order valence-corrected chi connectivity index (χ4v) is 1.69. The number of methoxy groups -OCH3 is 1. The van der Waals surface area contributed by atoms with Gasteiger partial charge in [0.2, 0.25) is 0 Å². The second-order valence-electron chi connectivity index (χ2n) is 4.50. The summed E-state index contributed by atoms with van der Waals surface area (Å²) in [6.07, 6.45) is -0.0619. The molecule has 106 valence electrons. The summed E-state index contributed by atoms with van der Waals surface area (Å²) in [5.41, 5.74) is 2.23. The van der Waals surface area contributed by atoms with Gasteiger partial charge in [0.15, 0.2) is 0 Å². The molecule has 0 bridgehead atoms. The van der Waals surface area contributed by atoms with E-state index in [1.165, 1.54) is 12.7 Å². The number of aliphatic hydroxyl groups excluding tert-OH is 1. The van der Waals surface area contributed by atoms with Crippen molar-refractivity contribution in [2.45, 2.75) is 26.0 Å². The molecule has 0 spiro atoms. The van der Waals surface area contributed by atoms with Gasteiger partial charge in [-0.25, -0.2) is 4.79 Å². The number of ether oxygens (including phenoxy) is 1. The quantitative estimate of drug-likeness (QED) is 0.694. The summed E-state index contributed by atoms with van der Waals surface area (Å²) in [6.45, 7) is 3.21. The minimum atomic E-state index is -0.540. The van der Waals surface area contributed by atoms with E-state index in [0.29, 0.717) is 19.5 Å². The van der Waals surface area contributed by atoms with E-state index in [4.69, 9.17) is 4.74 Å². The number of carbonyl (C=O) groups is 1. The Hall–Kier alpha value is -1.59. The molecule has 1 aromatic carbocycles. The van der Waals surface area contributed by atoms with Crippen LogP contribution >= 0.6 is 0 Å². The van der Waals surface area contributed by atoms with Crippen LogP contribution in [-0.2, 0) is 11.3 Å². The maximum absolute atomic E-state index is 11.5. The summed E-state index contributed by atoms with van der Waals surface area (Å²) in [4.78, 5) is 11.5. The van der Waals surface area contributed by atoms with Gasteiger partial charge in [0.25, 0.3) is 0 Å². The SMILES string of the molecule is COCC(O)CCNC(=O)NCc1cccc(C)c1. The first-order valence-electron chi connectivity index (χ1n) is 6.36. The Morgan fingerprint density at radius 1 is 1.42 bits per heavy atom. The van der Waals surface area contributed by atoms with Gasteiger partial charge in [0, 0.05) is 20.2 Å². The number of aryl methyl sites for hydroxylation is 1. The molecule has 5 heteroatoms. The van der Waals surface area contributed by atoms with Crippen molar-refractivity contribution in [3.63, 3.8) is 0 Å². The highest BCUT2D eigenvalue weighted by atomic mass is 16.5. The Bertz CT molecular complexity index is 396. The molecule has 2 amide bonds. The van der Waals surface area contributed by atoms with Crippen LogP contribution in [0.25, 0.3) is 0 Å². The van der Waals surface area contributed by atoms with Gasteiger partial charge < -0.3 is 20.5 Å². The van der Waals surface area contributed by atoms with Crippen LogP contribution in [0.4, 0.5) is 4.79 Å². The summed E-state index contributed by atoms with van der Waals surface area (Å²) < 4.78 is 4.80. The van der Waals surface area contributed by atoms with Crippen LogP contribution < -0.4 is 10.6 Å². The molecule has 3 N–H and O–H groups in total. The van der Waals surface area contributed by atoms with Gasteiger partial charge in [-0.05, 0) is 18.9 Å². The molecule has 0 aliphatic rings. The largest absolute Gasteiger partial charge is 0.391 e. The predicted molar refractivity (Wildman–Crippen MR) is 73.9 cm³/mol. The number of carbonyl (C=O) groups excluding carboxylic acids is 1. The zero-order valence-corrected chi connectivity index (χ0v) is 11.5. The molecule has 1 atom stereocenters. The maximum atomic E-state index is 11.5. The number of rotatable bonds is 7. The Labute approximate surface area is 114 Å². The molecule has 0 aliphatic heterocycles. The monoisotopic (exact) mass is 266 g/mol. The zero-order valence-electron chi connectivity index (χ0n) is 11.5. The van der Waals surface area contributed by atoms with Crippen molar-refractivity contribution in [3.8, 4) is 0 Å². The molecule has 0 aliphatic carbocycles. The molecule has 0 radical (unpaired) electrons. The number of hydrogen-bond donors (Lipinski definition) is 3. The molecular formula is C14H22N2O3. The van der Waals surface area contributed by atoms with Crippen LogP contribution in [0.2, 0.25) is 0 Å². The Balaban J connectivity index is 2.18. The Morgan fingerprint density at radius 2 is 2.21 bits per heavy atom. The van der Waals surface area contributed by atoms with Crippen molar-refractivity contribution in [2.24, 2.45) is 0 Å². The van der Waals surface area contributed by atoms with Crippen molar-refractivity contribution < 1.29 is 14.6 Å². The molecule has 0 heterocycles. The first-order chi connectivity index (χ1) is 9.11. The highest BCUT2D eigenvalue weighted by molar-refractivity contribution is 5.73. The molecule has 1 unspecified atom stereocenters. The second-order valence-corrected chi connectivity index (χ2v) is 4.50. The first kappa shape index (κ1) is 15.5. The molecule has 0 saturated carbocycles. The van der Waals surface area contributed by atoms with E-state index < -0.39 is 6.10 Å². The number of benzene rings is 1. The van der Waals surface area contributed by atoms with Gasteiger partial charge in [-0.2, -0.15) is 0 Å².